The number of nitrogens with one attached hydrogen (secondary N) is 1. The number of halogens is 3. The van der Waals surface area contributed by atoms with Crippen LogP contribution in [0.25, 0.3) is 0 Å². The van der Waals surface area contributed by atoms with Crippen LogP contribution in [-0.2, 0) is 13.0 Å². The topological polar surface area (TPSA) is 110 Å². The maximum Gasteiger partial charge on any atom is 0.446 e. The number of nitrogens with zero attached hydrogens (tertiary/aromatic N) is 4. The molecule has 0 atom stereocenters. The predicted octanol–water partition coefficient (Wildman–Crippen LogP) is 4.08. The molecule has 1 fully saturated rings. The van der Waals surface area contributed by atoms with Gasteiger partial charge in [-0.05, 0) is 68.7 Å². The lowest BCUT2D eigenvalue weighted by Crippen LogP contribution is -2.31. The molecule has 31 heavy (non-hydrogen) atoms. The van der Waals surface area contributed by atoms with Crippen LogP contribution in [0.2, 0.25) is 0 Å². The summed E-state index contributed by atoms with van der Waals surface area (Å²) in [5, 5.41) is 14.4. The van der Waals surface area contributed by atoms with Gasteiger partial charge in [0.15, 0.2) is 0 Å². The molecule has 2 aromatic rings. The largest absolute Gasteiger partial charge is 0.446 e. The van der Waals surface area contributed by atoms with E-state index >= 15 is 0 Å². The number of alkyl halides is 3. The standard InChI is InChI=1S/C19H23F3N6O2S/c1-27-8-6-12(7-9-27)10-14-16(28(29)30)17(23)26-18(25-14)24-11-13-4-2-3-5-15(13)31-19(20,21)22/h2-5,12H,6-11H2,1H3,(H3,23,24,25,26). The number of nitrogens with two attached hydrogens (primary N) is 1. The highest BCUT2D eigenvalue weighted by Gasteiger charge is 2.30. The molecular weight excluding hydrogens is 433 g/mol. The Morgan fingerprint density at radius 3 is 2.61 bits per heavy atom. The van der Waals surface area contributed by atoms with Crippen molar-refractivity contribution >= 4 is 29.2 Å². The summed E-state index contributed by atoms with van der Waals surface area (Å²) in [5.74, 6) is 0.0298. The molecule has 8 nitrogen and oxygen atoms in total. The molecule has 0 unspecified atom stereocenters. The maximum absolute atomic E-state index is 12.8. The fourth-order valence-electron chi connectivity index (χ4n) is 3.53. The fourth-order valence-corrected chi connectivity index (χ4v) is 4.20. The molecule has 0 amide bonds. The molecule has 1 aromatic carbocycles. The van der Waals surface area contributed by atoms with Gasteiger partial charge in [-0.1, -0.05) is 18.2 Å². The van der Waals surface area contributed by atoms with Gasteiger partial charge in [-0.3, -0.25) is 10.1 Å². The molecule has 0 saturated carbocycles. The Morgan fingerprint density at radius 2 is 1.97 bits per heavy atom. The highest BCUT2D eigenvalue weighted by Crippen LogP contribution is 2.38. The van der Waals surface area contributed by atoms with Gasteiger partial charge in [0.1, 0.15) is 5.69 Å². The molecule has 0 spiro atoms. The first-order valence-corrected chi connectivity index (χ1v) is 10.5. The van der Waals surface area contributed by atoms with Gasteiger partial charge >= 0.3 is 11.2 Å². The van der Waals surface area contributed by atoms with Crippen molar-refractivity contribution < 1.29 is 18.1 Å². The molecule has 0 bridgehead atoms. The zero-order valence-electron chi connectivity index (χ0n) is 16.9. The van der Waals surface area contributed by atoms with E-state index in [9.17, 15) is 23.3 Å². The number of nitrogen functional groups attached to an aromatic ring is 1. The SMILES string of the molecule is CN1CCC(Cc2nc(NCc3ccccc3SC(F)(F)F)nc(N)c2[N+](=O)[O-])CC1. The lowest BCUT2D eigenvalue weighted by Gasteiger charge is -2.28. The van der Waals surface area contributed by atoms with E-state index in [1.807, 2.05) is 7.05 Å². The minimum Gasteiger partial charge on any atom is -0.378 e. The smallest absolute Gasteiger partial charge is 0.378 e. The van der Waals surface area contributed by atoms with Crippen LogP contribution in [0, 0.1) is 16.0 Å². The van der Waals surface area contributed by atoms with Gasteiger partial charge < -0.3 is 16.0 Å². The lowest BCUT2D eigenvalue weighted by atomic mass is 9.92. The summed E-state index contributed by atoms with van der Waals surface area (Å²) in [7, 11) is 2.03. The third-order valence-electron chi connectivity index (χ3n) is 5.12. The first-order valence-electron chi connectivity index (χ1n) is 9.69. The minimum absolute atomic E-state index is 0.0180. The first kappa shape index (κ1) is 23.1. The third kappa shape index (κ3) is 6.44. The van der Waals surface area contributed by atoms with Crippen LogP contribution in [0.5, 0.6) is 0 Å². The fraction of sp³-hybridized carbons (Fsp3) is 0.474. The van der Waals surface area contributed by atoms with E-state index < -0.39 is 10.4 Å². The highest BCUT2D eigenvalue weighted by atomic mass is 32.2. The number of likely N-dealkylation sites (tertiary alicyclic amines) is 1. The van der Waals surface area contributed by atoms with Crippen molar-refractivity contribution in [2.45, 2.75) is 36.2 Å². The van der Waals surface area contributed by atoms with E-state index in [4.69, 9.17) is 5.73 Å². The second-order valence-corrected chi connectivity index (χ2v) is 8.55. The van der Waals surface area contributed by atoms with Crippen molar-refractivity contribution in [2.75, 3.05) is 31.2 Å². The summed E-state index contributed by atoms with van der Waals surface area (Å²) < 4.78 is 38.4. The molecule has 168 valence electrons. The van der Waals surface area contributed by atoms with Gasteiger partial charge in [0.25, 0.3) is 0 Å². The molecule has 1 aromatic heterocycles. The molecule has 2 heterocycles. The Labute approximate surface area is 181 Å². The number of anilines is 2. The first-order chi connectivity index (χ1) is 14.6. The van der Waals surface area contributed by atoms with Crippen molar-refractivity contribution in [3.8, 4) is 0 Å². The summed E-state index contributed by atoms with van der Waals surface area (Å²) in [6.45, 7) is 1.82. The molecule has 1 aliphatic rings. The average molecular weight is 456 g/mol. The molecular formula is C19H23F3N6O2S. The third-order valence-corrected chi connectivity index (χ3v) is 5.97. The van der Waals surface area contributed by atoms with Gasteiger partial charge in [0.05, 0.1) is 4.92 Å². The molecule has 3 N–H and O–H groups in total. The van der Waals surface area contributed by atoms with Crippen LogP contribution in [0.3, 0.4) is 0 Å². The number of nitro groups is 1. The number of rotatable bonds is 7. The molecule has 0 aliphatic carbocycles. The number of hydrogen-bond acceptors (Lipinski definition) is 8. The Balaban J connectivity index is 1.79. The van der Waals surface area contributed by atoms with Gasteiger partial charge in [-0.2, -0.15) is 18.2 Å². The van der Waals surface area contributed by atoms with Crippen molar-refractivity contribution in [3.63, 3.8) is 0 Å². The number of piperidine rings is 1. The Hall–Kier alpha value is -2.60. The number of aromatic nitrogens is 2. The second kappa shape index (κ2) is 9.69. The Morgan fingerprint density at radius 1 is 1.29 bits per heavy atom. The minimum atomic E-state index is -4.41. The summed E-state index contributed by atoms with van der Waals surface area (Å²) in [6.07, 6.45) is 2.18. The van der Waals surface area contributed by atoms with Gasteiger partial charge in [0.2, 0.25) is 11.8 Å². The predicted molar refractivity (Wildman–Crippen MR) is 113 cm³/mol. The molecule has 1 aliphatic heterocycles. The van der Waals surface area contributed by atoms with Crippen LogP contribution >= 0.6 is 11.8 Å². The maximum atomic E-state index is 12.8. The van der Waals surface area contributed by atoms with E-state index in [1.54, 1.807) is 12.1 Å². The van der Waals surface area contributed by atoms with Gasteiger partial charge in [0, 0.05) is 11.4 Å². The molecule has 3 rings (SSSR count). The summed E-state index contributed by atoms with van der Waals surface area (Å²) in [6, 6.07) is 6.10. The highest BCUT2D eigenvalue weighted by molar-refractivity contribution is 8.00. The van der Waals surface area contributed by atoms with E-state index in [1.165, 1.54) is 12.1 Å². The van der Waals surface area contributed by atoms with Crippen LogP contribution in [0.15, 0.2) is 29.2 Å². The number of hydrogen-bond donors (Lipinski definition) is 2. The zero-order valence-corrected chi connectivity index (χ0v) is 17.7. The zero-order chi connectivity index (χ0) is 22.6. The summed E-state index contributed by atoms with van der Waals surface area (Å²) in [4.78, 5) is 21.4. The Bertz CT molecular complexity index is 935. The average Bonchev–Trinajstić information content (AvgIpc) is 2.67. The van der Waals surface area contributed by atoms with Crippen molar-refractivity contribution in [2.24, 2.45) is 5.92 Å². The van der Waals surface area contributed by atoms with Crippen molar-refractivity contribution in [1.29, 1.82) is 0 Å². The van der Waals surface area contributed by atoms with E-state index in [0.29, 0.717) is 12.0 Å². The van der Waals surface area contributed by atoms with E-state index in [-0.39, 0.29) is 52.3 Å². The van der Waals surface area contributed by atoms with E-state index in [2.05, 4.69) is 20.2 Å². The summed E-state index contributed by atoms with van der Waals surface area (Å²) in [5.41, 5.74) is 1.77. The molecule has 1 saturated heterocycles. The normalized spacial score (nSPS) is 15.7. The van der Waals surface area contributed by atoms with E-state index in [0.717, 1.165) is 25.9 Å². The summed E-state index contributed by atoms with van der Waals surface area (Å²) >= 11 is -0.200. The van der Waals surface area contributed by atoms with Gasteiger partial charge in [-0.25, -0.2) is 4.98 Å². The van der Waals surface area contributed by atoms with Crippen LogP contribution in [0.4, 0.5) is 30.6 Å². The Kier molecular flexibility index (Phi) is 7.21. The number of benzene rings is 1. The van der Waals surface area contributed by atoms with Crippen LogP contribution in [-0.4, -0.2) is 45.4 Å². The van der Waals surface area contributed by atoms with Gasteiger partial charge in [-0.15, -0.1) is 0 Å². The molecule has 0 radical (unpaired) electrons. The van der Waals surface area contributed by atoms with Crippen LogP contribution in [0.1, 0.15) is 24.1 Å². The van der Waals surface area contributed by atoms with Crippen molar-refractivity contribution in [3.05, 3.63) is 45.6 Å². The second-order valence-electron chi connectivity index (χ2n) is 7.44. The number of thioether (sulfide) groups is 1. The monoisotopic (exact) mass is 456 g/mol. The lowest BCUT2D eigenvalue weighted by molar-refractivity contribution is -0.385. The quantitative estimate of drug-likeness (QED) is 0.364. The van der Waals surface area contributed by atoms with Crippen molar-refractivity contribution in [1.82, 2.24) is 14.9 Å². The van der Waals surface area contributed by atoms with Crippen LogP contribution < -0.4 is 11.1 Å². The molecule has 12 heteroatoms.